The lowest BCUT2D eigenvalue weighted by atomic mass is 10.0. The number of hydrogen-bond acceptors (Lipinski definition) is 5. The minimum atomic E-state index is -0.854. The molecule has 2 heterocycles. The fourth-order valence-electron chi connectivity index (χ4n) is 2.55. The molecular weight excluding hydrogens is 344 g/mol. The lowest BCUT2D eigenvalue weighted by Crippen LogP contribution is -2.01. The summed E-state index contributed by atoms with van der Waals surface area (Å²) in [6.07, 6.45) is 4.12. The van der Waals surface area contributed by atoms with Gasteiger partial charge in [0.25, 0.3) is 0 Å². The van der Waals surface area contributed by atoms with Gasteiger partial charge in [-0.2, -0.15) is 0 Å². The number of aryl methyl sites for hydroxylation is 1. The lowest BCUT2D eigenvalue weighted by molar-refractivity contribution is -0.137. The van der Waals surface area contributed by atoms with E-state index in [2.05, 4.69) is 11.1 Å². The maximum atomic E-state index is 10.6. The van der Waals surface area contributed by atoms with Gasteiger partial charge in [0.05, 0.1) is 10.6 Å². The van der Waals surface area contributed by atoms with Gasteiger partial charge in [-0.05, 0) is 43.8 Å². The molecule has 0 spiro atoms. The van der Waals surface area contributed by atoms with Crippen LogP contribution in [0.5, 0.6) is 5.88 Å². The summed E-state index contributed by atoms with van der Waals surface area (Å²) in [6.45, 7) is 2.41. The van der Waals surface area contributed by atoms with Crippen molar-refractivity contribution in [2.75, 3.05) is 0 Å². The highest BCUT2D eigenvalue weighted by molar-refractivity contribution is 7.73. The molecule has 24 heavy (non-hydrogen) atoms. The van der Waals surface area contributed by atoms with Crippen molar-refractivity contribution in [1.29, 1.82) is 0 Å². The molecule has 1 aliphatic heterocycles. The van der Waals surface area contributed by atoms with Crippen molar-refractivity contribution in [3.63, 3.8) is 0 Å². The zero-order chi connectivity index (χ0) is 17.3. The number of allylic oxidation sites excluding steroid dienone is 1. The molecule has 2 N–H and O–H groups in total. The van der Waals surface area contributed by atoms with Crippen molar-refractivity contribution in [3.8, 4) is 5.88 Å². The lowest BCUT2D eigenvalue weighted by Gasteiger charge is -2.04. The molecule has 0 amide bonds. The van der Waals surface area contributed by atoms with Crippen LogP contribution in [0.15, 0.2) is 23.2 Å². The minimum Gasteiger partial charge on any atom is -0.493 e. The van der Waals surface area contributed by atoms with Crippen LogP contribution in [0.2, 0.25) is 0 Å². The van der Waals surface area contributed by atoms with Gasteiger partial charge in [0.1, 0.15) is 0 Å². The molecule has 1 aromatic carbocycles. The van der Waals surface area contributed by atoms with E-state index in [0.29, 0.717) is 21.8 Å². The van der Waals surface area contributed by atoms with Crippen LogP contribution in [0.1, 0.15) is 28.8 Å². The molecule has 0 aliphatic carbocycles. The Kier molecular flexibility index (Phi) is 4.64. The summed E-state index contributed by atoms with van der Waals surface area (Å²) in [5, 5.41) is 19.1. The third kappa shape index (κ3) is 3.32. The number of benzene rings is 1. The molecule has 2 aromatic rings. The average Bonchev–Trinajstić information content (AvgIpc) is 3.03. The number of carbonyl (C=O) groups is 1. The van der Waals surface area contributed by atoms with E-state index in [1.807, 2.05) is 25.1 Å². The summed E-state index contributed by atoms with van der Waals surface area (Å²) in [5.74, 6) is -0.773. The zero-order valence-corrected chi connectivity index (χ0v) is 14.7. The number of carboxylic acid groups (broad SMARTS) is 1. The molecule has 3 rings (SSSR count). The highest BCUT2D eigenvalue weighted by Gasteiger charge is 2.15. The Hall–Kier alpha value is -2.25. The summed E-state index contributed by atoms with van der Waals surface area (Å²) in [5.41, 5.74) is 4.02. The molecule has 5 nitrogen and oxygen atoms in total. The minimum absolute atomic E-state index is 0.0484. The summed E-state index contributed by atoms with van der Waals surface area (Å²) < 4.78 is 2.11. The number of nitrogens with zero attached hydrogens (tertiary/aromatic N) is 2. The van der Waals surface area contributed by atoms with Crippen molar-refractivity contribution >= 4 is 53.1 Å². The second-order valence-corrected chi connectivity index (χ2v) is 7.26. The number of aromatic nitrogens is 1. The first-order valence-electron chi connectivity index (χ1n) is 7.47. The predicted octanol–water partition coefficient (Wildman–Crippen LogP) is 4.41. The number of aliphatic carboxylic acids is 1. The monoisotopic (exact) mass is 360 g/mol. The van der Waals surface area contributed by atoms with Crippen LogP contribution >= 0.6 is 23.6 Å². The molecular formula is C17H16N2O3S2. The Morgan fingerprint density at radius 2 is 2.25 bits per heavy atom. The fourth-order valence-corrected chi connectivity index (χ4v) is 3.86. The molecule has 0 unspecified atom stereocenters. The first-order chi connectivity index (χ1) is 11.5. The molecule has 0 saturated heterocycles. The highest BCUT2D eigenvalue weighted by Crippen LogP contribution is 2.36. The van der Waals surface area contributed by atoms with E-state index < -0.39 is 5.97 Å². The molecule has 0 atom stereocenters. The van der Waals surface area contributed by atoms with Crippen LogP contribution in [-0.4, -0.2) is 27.0 Å². The number of rotatable bonds is 5. The standard InChI is InChI=1S/C17H16N2O3S2/c1-10-4-5-13-12(7-10)11(9-18-13)8-14-16(22)19(17(23)24-14)6-2-3-15(20)21/h4-5,7-9,22H,2-3,6H2,1H3,(H,20,21). The van der Waals surface area contributed by atoms with E-state index in [1.165, 1.54) is 11.3 Å². The summed E-state index contributed by atoms with van der Waals surface area (Å²) in [4.78, 5) is 15.7. The van der Waals surface area contributed by atoms with Gasteiger partial charge in [0.15, 0.2) is 3.95 Å². The molecule has 0 saturated carbocycles. The van der Waals surface area contributed by atoms with Crippen LogP contribution in [0.25, 0.3) is 11.6 Å². The van der Waals surface area contributed by atoms with Gasteiger partial charge in [0, 0.05) is 30.3 Å². The maximum Gasteiger partial charge on any atom is 0.303 e. The van der Waals surface area contributed by atoms with Gasteiger partial charge in [-0.1, -0.05) is 11.6 Å². The third-order valence-corrected chi connectivity index (χ3v) is 5.14. The smallest absolute Gasteiger partial charge is 0.303 e. The maximum absolute atomic E-state index is 10.6. The van der Waals surface area contributed by atoms with Gasteiger partial charge in [-0.25, -0.2) is 0 Å². The van der Waals surface area contributed by atoms with E-state index in [0.717, 1.165) is 22.4 Å². The van der Waals surface area contributed by atoms with Crippen molar-refractivity contribution in [2.24, 2.45) is 4.99 Å². The number of aromatic hydroxyl groups is 1. The van der Waals surface area contributed by atoms with Crippen LogP contribution in [0.3, 0.4) is 0 Å². The molecule has 0 fully saturated rings. The average molecular weight is 360 g/mol. The van der Waals surface area contributed by atoms with Gasteiger partial charge in [-0.3, -0.25) is 14.4 Å². The Balaban J connectivity index is 1.90. The number of carboxylic acids is 1. The van der Waals surface area contributed by atoms with Crippen LogP contribution < -0.4 is 0 Å². The third-order valence-electron chi connectivity index (χ3n) is 3.76. The Bertz CT molecular complexity index is 922. The van der Waals surface area contributed by atoms with Crippen LogP contribution in [0, 0.1) is 10.9 Å². The normalized spacial score (nSPS) is 14.3. The van der Waals surface area contributed by atoms with Crippen LogP contribution in [-0.2, 0) is 11.3 Å². The second kappa shape index (κ2) is 6.70. The SMILES string of the molecule is Cc1ccc2c(c1)C(=Cc1sc(=S)n(CCCC(=O)O)c1O)C=N2. The molecule has 1 aliphatic rings. The molecule has 7 heteroatoms. The highest BCUT2D eigenvalue weighted by atomic mass is 32.1. The summed E-state index contributed by atoms with van der Waals surface area (Å²) >= 11 is 6.60. The van der Waals surface area contributed by atoms with Gasteiger partial charge >= 0.3 is 5.97 Å². The van der Waals surface area contributed by atoms with Crippen molar-refractivity contribution in [2.45, 2.75) is 26.3 Å². The Morgan fingerprint density at radius 3 is 3.00 bits per heavy atom. The van der Waals surface area contributed by atoms with Crippen molar-refractivity contribution in [3.05, 3.63) is 38.2 Å². The zero-order valence-electron chi connectivity index (χ0n) is 13.0. The summed E-state index contributed by atoms with van der Waals surface area (Å²) in [7, 11) is 0. The second-order valence-electron chi connectivity index (χ2n) is 5.58. The van der Waals surface area contributed by atoms with Gasteiger partial charge in [-0.15, -0.1) is 11.3 Å². The molecule has 124 valence electrons. The quantitative estimate of drug-likeness (QED) is 0.774. The fraction of sp³-hybridized carbons (Fsp3) is 0.235. The van der Waals surface area contributed by atoms with Crippen molar-refractivity contribution in [1.82, 2.24) is 4.57 Å². The first-order valence-corrected chi connectivity index (χ1v) is 8.69. The molecule has 0 radical (unpaired) electrons. The van der Waals surface area contributed by atoms with E-state index >= 15 is 0 Å². The van der Waals surface area contributed by atoms with Gasteiger partial charge in [0.2, 0.25) is 5.88 Å². The van der Waals surface area contributed by atoms with E-state index in [4.69, 9.17) is 17.3 Å². The number of thiazole rings is 1. The number of aliphatic imine (C=N–C) groups is 1. The van der Waals surface area contributed by atoms with Crippen molar-refractivity contribution < 1.29 is 15.0 Å². The largest absolute Gasteiger partial charge is 0.493 e. The molecule has 0 bridgehead atoms. The van der Waals surface area contributed by atoms with Gasteiger partial charge < -0.3 is 10.2 Å². The predicted molar refractivity (Wildman–Crippen MR) is 98.9 cm³/mol. The Labute approximate surface area is 148 Å². The van der Waals surface area contributed by atoms with E-state index in [9.17, 15) is 9.90 Å². The van der Waals surface area contributed by atoms with E-state index in [1.54, 1.807) is 10.8 Å². The summed E-state index contributed by atoms with van der Waals surface area (Å²) in [6, 6.07) is 6.05. The Morgan fingerprint density at radius 1 is 1.46 bits per heavy atom. The first kappa shape index (κ1) is 16.6. The van der Waals surface area contributed by atoms with E-state index in [-0.39, 0.29) is 12.3 Å². The molecule has 1 aromatic heterocycles. The van der Waals surface area contributed by atoms with Crippen LogP contribution in [0.4, 0.5) is 5.69 Å². The number of hydrogen-bond donors (Lipinski definition) is 2. The number of fused-ring (bicyclic) bond motifs is 1. The topological polar surface area (TPSA) is 74.8 Å².